The van der Waals surface area contributed by atoms with E-state index in [0.717, 1.165) is 30.4 Å². The lowest BCUT2D eigenvalue weighted by molar-refractivity contribution is 0.352. The number of nitrogens with two attached hydrogens (primary N) is 1. The molecule has 0 spiro atoms. The number of nitrogens with zero attached hydrogens (tertiary/aromatic N) is 3. The molecule has 2 aromatic rings. The predicted molar refractivity (Wildman–Crippen MR) is 73.6 cm³/mol. The van der Waals surface area contributed by atoms with Gasteiger partial charge < -0.3 is 10.3 Å². The number of aromatic nitrogens is 3. The Hall–Kier alpha value is -1.75. The molecule has 102 valence electrons. The highest BCUT2D eigenvalue weighted by Gasteiger charge is 2.16. The Kier molecular flexibility index (Phi) is 4.63. The van der Waals surface area contributed by atoms with E-state index in [4.69, 9.17) is 10.3 Å². The highest BCUT2D eigenvalue weighted by molar-refractivity contribution is 5.58. The summed E-state index contributed by atoms with van der Waals surface area (Å²) in [5.74, 6) is 1.58. The minimum Gasteiger partial charge on any atom is -0.339 e. The summed E-state index contributed by atoms with van der Waals surface area (Å²) < 4.78 is 5.36. The summed E-state index contributed by atoms with van der Waals surface area (Å²) >= 11 is 0. The molecule has 0 aliphatic heterocycles. The molecule has 5 nitrogen and oxygen atoms in total. The third kappa shape index (κ3) is 3.17. The van der Waals surface area contributed by atoms with Crippen molar-refractivity contribution in [3.8, 4) is 11.4 Å². The Balaban J connectivity index is 2.20. The summed E-state index contributed by atoms with van der Waals surface area (Å²) in [6.07, 6.45) is 6.44. The van der Waals surface area contributed by atoms with E-state index in [1.54, 1.807) is 6.20 Å². The van der Waals surface area contributed by atoms with Gasteiger partial charge in [-0.15, -0.1) is 0 Å². The van der Waals surface area contributed by atoms with Crippen LogP contribution in [0.1, 0.15) is 44.1 Å². The van der Waals surface area contributed by atoms with Gasteiger partial charge in [-0.25, -0.2) is 0 Å². The molecule has 2 rings (SSSR count). The van der Waals surface area contributed by atoms with Crippen LogP contribution in [-0.4, -0.2) is 21.7 Å². The first-order valence-electron chi connectivity index (χ1n) is 6.73. The number of pyridine rings is 1. The molecule has 0 amide bonds. The van der Waals surface area contributed by atoms with Gasteiger partial charge in [-0.05, 0) is 37.4 Å². The Bertz CT molecular complexity index is 524. The molecule has 19 heavy (non-hydrogen) atoms. The topological polar surface area (TPSA) is 77.8 Å². The van der Waals surface area contributed by atoms with Crippen LogP contribution in [0, 0.1) is 0 Å². The first-order chi connectivity index (χ1) is 9.26. The first kappa shape index (κ1) is 13.7. The van der Waals surface area contributed by atoms with Gasteiger partial charge in [0.1, 0.15) is 0 Å². The normalized spacial score (nSPS) is 12.6. The molecule has 1 atom stereocenters. The lowest BCUT2D eigenvalue weighted by Gasteiger charge is -2.04. The van der Waals surface area contributed by atoms with Gasteiger partial charge in [-0.3, -0.25) is 4.98 Å². The van der Waals surface area contributed by atoms with Gasteiger partial charge >= 0.3 is 0 Å². The molecule has 0 saturated carbocycles. The van der Waals surface area contributed by atoms with E-state index < -0.39 is 0 Å². The number of hydrogen-bond acceptors (Lipinski definition) is 5. The van der Waals surface area contributed by atoms with Crippen LogP contribution in [0.2, 0.25) is 0 Å². The van der Waals surface area contributed by atoms with Gasteiger partial charge in [0.15, 0.2) is 0 Å². The van der Waals surface area contributed by atoms with Crippen LogP contribution in [0.15, 0.2) is 23.0 Å². The van der Waals surface area contributed by atoms with Gasteiger partial charge in [-0.2, -0.15) is 4.98 Å². The summed E-state index contributed by atoms with van der Waals surface area (Å²) in [6.45, 7) is 4.86. The fourth-order valence-electron chi connectivity index (χ4n) is 2.02. The van der Waals surface area contributed by atoms with Crippen LogP contribution in [0.25, 0.3) is 11.4 Å². The zero-order valence-electron chi connectivity index (χ0n) is 11.5. The monoisotopic (exact) mass is 260 g/mol. The van der Waals surface area contributed by atoms with Crippen molar-refractivity contribution in [1.82, 2.24) is 15.1 Å². The van der Waals surface area contributed by atoms with Crippen LogP contribution in [-0.2, 0) is 6.42 Å². The van der Waals surface area contributed by atoms with E-state index in [0.29, 0.717) is 18.3 Å². The molecule has 0 bridgehead atoms. The zero-order chi connectivity index (χ0) is 13.7. The average molecular weight is 260 g/mol. The van der Waals surface area contributed by atoms with Crippen molar-refractivity contribution in [1.29, 1.82) is 0 Å². The van der Waals surface area contributed by atoms with Crippen molar-refractivity contribution in [3.63, 3.8) is 0 Å². The van der Waals surface area contributed by atoms with Crippen LogP contribution < -0.4 is 5.73 Å². The SMILES string of the molecule is CCc1cnccc1-c1noc(C(C)CCCN)n1. The maximum absolute atomic E-state index is 5.52. The molecule has 0 radical (unpaired) electrons. The van der Waals surface area contributed by atoms with Crippen molar-refractivity contribution in [2.75, 3.05) is 6.54 Å². The number of aryl methyl sites for hydroxylation is 1. The van der Waals surface area contributed by atoms with E-state index in [9.17, 15) is 0 Å². The second-order valence-electron chi connectivity index (χ2n) is 4.67. The fourth-order valence-corrected chi connectivity index (χ4v) is 2.02. The summed E-state index contributed by atoms with van der Waals surface area (Å²) in [5, 5.41) is 4.08. The lowest BCUT2D eigenvalue weighted by Crippen LogP contribution is -2.02. The van der Waals surface area contributed by atoms with Crippen LogP contribution in [0.5, 0.6) is 0 Å². The van der Waals surface area contributed by atoms with Crippen molar-refractivity contribution in [3.05, 3.63) is 29.9 Å². The molecule has 2 N–H and O–H groups in total. The second-order valence-corrected chi connectivity index (χ2v) is 4.67. The minimum atomic E-state index is 0.247. The molecule has 0 aliphatic carbocycles. The van der Waals surface area contributed by atoms with Crippen LogP contribution in [0.4, 0.5) is 0 Å². The zero-order valence-corrected chi connectivity index (χ0v) is 11.5. The third-order valence-corrected chi connectivity index (χ3v) is 3.23. The molecule has 0 saturated heterocycles. The van der Waals surface area contributed by atoms with E-state index >= 15 is 0 Å². The maximum Gasteiger partial charge on any atom is 0.229 e. The largest absolute Gasteiger partial charge is 0.339 e. The summed E-state index contributed by atoms with van der Waals surface area (Å²) in [4.78, 5) is 8.62. The van der Waals surface area contributed by atoms with Gasteiger partial charge in [-0.1, -0.05) is 19.0 Å². The van der Waals surface area contributed by atoms with Gasteiger partial charge in [0.05, 0.1) is 0 Å². The third-order valence-electron chi connectivity index (χ3n) is 3.23. The Morgan fingerprint density at radius 3 is 3.00 bits per heavy atom. The Morgan fingerprint density at radius 2 is 2.26 bits per heavy atom. The van der Waals surface area contributed by atoms with Crippen LogP contribution >= 0.6 is 0 Å². The number of rotatable bonds is 6. The Labute approximate surface area is 113 Å². The maximum atomic E-state index is 5.52. The molecule has 0 aromatic carbocycles. The molecule has 0 fully saturated rings. The molecular formula is C14H20N4O. The fraction of sp³-hybridized carbons (Fsp3) is 0.500. The van der Waals surface area contributed by atoms with Crippen LogP contribution in [0.3, 0.4) is 0 Å². The first-order valence-corrected chi connectivity index (χ1v) is 6.73. The summed E-state index contributed by atoms with van der Waals surface area (Å²) in [7, 11) is 0. The standard InChI is InChI=1S/C14H20N4O/c1-3-11-9-16-8-6-12(11)13-17-14(19-18-13)10(2)5-4-7-15/h6,8-10H,3-5,7,15H2,1-2H3. The van der Waals surface area contributed by atoms with Crippen molar-refractivity contribution >= 4 is 0 Å². The van der Waals surface area contributed by atoms with Crippen molar-refractivity contribution in [2.45, 2.75) is 39.0 Å². The molecular weight excluding hydrogens is 240 g/mol. The molecule has 0 aliphatic rings. The summed E-state index contributed by atoms with van der Waals surface area (Å²) in [6, 6.07) is 1.93. The van der Waals surface area contributed by atoms with E-state index in [-0.39, 0.29) is 5.92 Å². The minimum absolute atomic E-state index is 0.247. The van der Waals surface area contributed by atoms with Gasteiger partial charge in [0.25, 0.3) is 0 Å². The van der Waals surface area contributed by atoms with E-state index in [2.05, 4.69) is 29.0 Å². The van der Waals surface area contributed by atoms with Gasteiger partial charge in [0, 0.05) is 23.9 Å². The van der Waals surface area contributed by atoms with Crippen molar-refractivity contribution < 1.29 is 4.52 Å². The quantitative estimate of drug-likeness (QED) is 0.863. The van der Waals surface area contributed by atoms with Gasteiger partial charge in [0.2, 0.25) is 11.7 Å². The van der Waals surface area contributed by atoms with Crippen molar-refractivity contribution in [2.24, 2.45) is 5.73 Å². The smallest absolute Gasteiger partial charge is 0.229 e. The molecule has 5 heteroatoms. The summed E-state index contributed by atoms with van der Waals surface area (Å²) in [5.41, 5.74) is 7.64. The Morgan fingerprint density at radius 1 is 1.42 bits per heavy atom. The molecule has 1 unspecified atom stereocenters. The van der Waals surface area contributed by atoms with E-state index in [1.165, 1.54) is 0 Å². The average Bonchev–Trinajstić information content (AvgIpc) is 2.94. The molecule has 2 aromatic heterocycles. The number of hydrogen-bond donors (Lipinski definition) is 1. The highest BCUT2D eigenvalue weighted by atomic mass is 16.5. The lowest BCUT2D eigenvalue weighted by atomic mass is 10.1. The highest BCUT2D eigenvalue weighted by Crippen LogP contribution is 2.24. The molecule has 2 heterocycles. The second kappa shape index (κ2) is 6.43. The predicted octanol–water partition coefficient (Wildman–Crippen LogP) is 2.54. The van der Waals surface area contributed by atoms with E-state index in [1.807, 2.05) is 12.3 Å².